The minimum atomic E-state index is -0.0582. The second-order valence-electron chi connectivity index (χ2n) is 7.65. The van der Waals surface area contributed by atoms with Crippen LogP contribution in [0.2, 0.25) is 0 Å². The van der Waals surface area contributed by atoms with Gasteiger partial charge in [0.05, 0.1) is 23.3 Å². The average molecular weight is 419 g/mol. The zero-order valence-electron chi connectivity index (χ0n) is 16.8. The van der Waals surface area contributed by atoms with Crippen molar-refractivity contribution in [3.63, 3.8) is 0 Å². The summed E-state index contributed by atoms with van der Waals surface area (Å²) in [6.45, 7) is 2.05. The molecule has 3 aromatic heterocycles. The second kappa shape index (κ2) is 7.53. The number of rotatable bonds is 6. The number of carbonyl (C=O) groups is 1. The van der Waals surface area contributed by atoms with Crippen LogP contribution in [0.5, 0.6) is 0 Å². The van der Waals surface area contributed by atoms with Crippen LogP contribution in [0.1, 0.15) is 51.8 Å². The summed E-state index contributed by atoms with van der Waals surface area (Å²) in [5.74, 6) is 1.29. The number of benzene rings is 1. The topological polar surface area (TPSA) is 84.7 Å². The molecule has 3 heterocycles. The number of nitrogens with one attached hydrogen (secondary N) is 2. The van der Waals surface area contributed by atoms with Crippen LogP contribution in [0.3, 0.4) is 0 Å². The first-order valence-corrected chi connectivity index (χ1v) is 10.8. The van der Waals surface area contributed by atoms with Crippen molar-refractivity contribution >= 4 is 39.9 Å². The van der Waals surface area contributed by atoms with Gasteiger partial charge in [0.2, 0.25) is 0 Å². The number of hydrogen-bond donors (Lipinski definition) is 2. The van der Waals surface area contributed by atoms with Crippen molar-refractivity contribution in [1.82, 2.24) is 19.7 Å². The number of anilines is 2. The first kappa shape index (κ1) is 18.7. The number of amides is 1. The quantitative estimate of drug-likeness (QED) is 0.473. The van der Waals surface area contributed by atoms with Gasteiger partial charge in [-0.05, 0) is 55.5 Å². The monoisotopic (exact) mass is 418 g/mol. The van der Waals surface area contributed by atoms with E-state index in [0.29, 0.717) is 11.7 Å². The standard InChI is InChI=1S/C22H22N6OS/c1-13(25-20-12-23-17-11-24-28(2)21(17)27-20)15-4-3-5-16(10-15)26-22(29)19-9-8-18(30-19)14-6-7-14/h3-5,8-14H,6-7H2,1-2H3,(H,25,27)(H,26,29)/t13-/m0/s1. The third kappa shape index (κ3) is 3.78. The molecule has 0 unspecified atom stereocenters. The zero-order chi connectivity index (χ0) is 20.7. The number of aryl methyl sites for hydroxylation is 1. The van der Waals surface area contributed by atoms with E-state index in [9.17, 15) is 4.79 Å². The van der Waals surface area contributed by atoms with E-state index in [1.165, 1.54) is 17.7 Å². The number of nitrogens with zero attached hydrogens (tertiary/aromatic N) is 4. The van der Waals surface area contributed by atoms with Gasteiger partial charge in [-0.1, -0.05) is 12.1 Å². The predicted molar refractivity (Wildman–Crippen MR) is 119 cm³/mol. The Balaban J connectivity index is 1.29. The highest BCUT2D eigenvalue weighted by Gasteiger charge is 2.26. The lowest BCUT2D eigenvalue weighted by Crippen LogP contribution is -2.12. The van der Waals surface area contributed by atoms with E-state index in [0.717, 1.165) is 27.3 Å². The first-order chi connectivity index (χ1) is 14.6. The molecule has 0 radical (unpaired) electrons. The van der Waals surface area contributed by atoms with Gasteiger partial charge in [0, 0.05) is 17.6 Å². The Morgan fingerprint density at radius 1 is 1.23 bits per heavy atom. The third-order valence-electron chi connectivity index (χ3n) is 5.28. The number of fused-ring (bicyclic) bond motifs is 1. The summed E-state index contributed by atoms with van der Waals surface area (Å²) in [5.41, 5.74) is 3.32. The molecule has 1 saturated carbocycles. The summed E-state index contributed by atoms with van der Waals surface area (Å²) >= 11 is 1.60. The normalized spacial score (nSPS) is 14.6. The third-order valence-corrected chi connectivity index (χ3v) is 6.53. The van der Waals surface area contributed by atoms with Crippen molar-refractivity contribution in [1.29, 1.82) is 0 Å². The molecule has 0 bridgehead atoms. The van der Waals surface area contributed by atoms with Gasteiger partial charge < -0.3 is 10.6 Å². The Morgan fingerprint density at radius 2 is 2.10 bits per heavy atom. The van der Waals surface area contributed by atoms with Gasteiger partial charge in [-0.15, -0.1) is 11.3 Å². The van der Waals surface area contributed by atoms with Crippen LogP contribution in [-0.2, 0) is 7.05 Å². The Labute approximate surface area is 178 Å². The molecule has 0 saturated heterocycles. The van der Waals surface area contributed by atoms with Gasteiger partial charge in [-0.3, -0.25) is 4.79 Å². The summed E-state index contributed by atoms with van der Waals surface area (Å²) in [5, 5.41) is 10.6. The van der Waals surface area contributed by atoms with Gasteiger partial charge in [0.25, 0.3) is 5.91 Å². The molecule has 5 rings (SSSR count). The summed E-state index contributed by atoms with van der Waals surface area (Å²) in [6.07, 6.45) is 5.89. The highest BCUT2D eigenvalue weighted by molar-refractivity contribution is 7.14. The molecule has 152 valence electrons. The van der Waals surface area contributed by atoms with Crippen molar-refractivity contribution in [2.24, 2.45) is 7.05 Å². The number of aromatic nitrogens is 4. The molecule has 0 spiro atoms. The molecule has 30 heavy (non-hydrogen) atoms. The fourth-order valence-corrected chi connectivity index (χ4v) is 4.50. The summed E-state index contributed by atoms with van der Waals surface area (Å²) in [4.78, 5) is 23.7. The van der Waals surface area contributed by atoms with Crippen LogP contribution in [0.15, 0.2) is 48.8 Å². The van der Waals surface area contributed by atoms with Crippen LogP contribution in [0, 0.1) is 0 Å². The van der Waals surface area contributed by atoms with Crippen LogP contribution >= 0.6 is 11.3 Å². The smallest absolute Gasteiger partial charge is 0.265 e. The zero-order valence-corrected chi connectivity index (χ0v) is 17.6. The fraction of sp³-hybridized carbons (Fsp3) is 0.273. The number of hydrogen-bond acceptors (Lipinski definition) is 6. The SMILES string of the molecule is C[C@H](Nc1cnc2cnn(C)c2n1)c1cccc(NC(=O)c2ccc(C3CC3)s2)c1. The summed E-state index contributed by atoms with van der Waals surface area (Å²) < 4.78 is 1.70. The Morgan fingerprint density at radius 3 is 2.93 bits per heavy atom. The average Bonchev–Trinajstić information content (AvgIpc) is 3.36. The van der Waals surface area contributed by atoms with Gasteiger partial charge in [-0.2, -0.15) is 5.10 Å². The molecule has 8 heteroatoms. The maximum Gasteiger partial charge on any atom is 0.265 e. The minimum absolute atomic E-state index is 0.00923. The predicted octanol–water partition coefficient (Wildman–Crippen LogP) is 4.73. The van der Waals surface area contributed by atoms with Crippen molar-refractivity contribution < 1.29 is 4.79 Å². The molecule has 7 nitrogen and oxygen atoms in total. The van der Waals surface area contributed by atoms with Gasteiger partial charge in [0.1, 0.15) is 11.3 Å². The lowest BCUT2D eigenvalue weighted by atomic mass is 10.1. The minimum Gasteiger partial charge on any atom is -0.362 e. The Kier molecular flexibility index (Phi) is 4.71. The largest absolute Gasteiger partial charge is 0.362 e. The van der Waals surface area contributed by atoms with Crippen molar-refractivity contribution in [2.45, 2.75) is 31.7 Å². The van der Waals surface area contributed by atoms with Crippen molar-refractivity contribution in [2.75, 3.05) is 10.6 Å². The molecule has 0 aliphatic heterocycles. The van der Waals surface area contributed by atoms with Crippen molar-refractivity contribution in [3.05, 3.63) is 64.1 Å². The number of carbonyl (C=O) groups excluding carboxylic acids is 1. The van der Waals surface area contributed by atoms with E-state index in [-0.39, 0.29) is 11.9 Å². The molecular formula is C22H22N6OS. The van der Waals surface area contributed by atoms with E-state index in [4.69, 9.17) is 0 Å². The van der Waals surface area contributed by atoms with Crippen LogP contribution in [0.25, 0.3) is 11.2 Å². The molecule has 1 fully saturated rings. The molecular weight excluding hydrogens is 396 g/mol. The van der Waals surface area contributed by atoms with Gasteiger partial charge in [-0.25, -0.2) is 14.6 Å². The molecule has 4 aromatic rings. The second-order valence-corrected chi connectivity index (χ2v) is 8.77. The summed E-state index contributed by atoms with van der Waals surface area (Å²) in [6, 6.07) is 11.9. The Hall–Kier alpha value is -3.26. The first-order valence-electron chi connectivity index (χ1n) is 9.99. The molecule has 1 aliphatic rings. The van der Waals surface area contributed by atoms with E-state index in [1.54, 1.807) is 28.4 Å². The fourth-order valence-electron chi connectivity index (χ4n) is 3.43. The van der Waals surface area contributed by atoms with Gasteiger partial charge in [0.15, 0.2) is 5.65 Å². The van der Waals surface area contributed by atoms with Gasteiger partial charge >= 0.3 is 0 Å². The number of thiophene rings is 1. The van der Waals surface area contributed by atoms with E-state index < -0.39 is 0 Å². The molecule has 1 aliphatic carbocycles. The molecule has 2 N–H and O–H groups in total. The molecule has 1 amide bonds. The highest BCUT2D eigenvalue weighted by Crippen LogP contribution is 2.43. The van der Waals surface area contributed by atoms with Crippen LogP contribution in [0.4, 0.5) is 11.5 Å². The summed E-state index contributed by atoms with van der Waals surface area (Å²) in [7, 11) is 1.84. The lowest BCUT2D eigenvalue weighted by Gasteiger charge is -2.16. The lowest BCUT2D eigenvalue weighted by molar-refractivity contribution is 0.103. The van der Waals surface area contributed by atoms with Crippen molar-refractivity contribution in [3.8, 4) is 0 Å². The van der Waals surface area contributed by atoms with Crippen LogP contribution < -0.4 is 10.6 Å². The maximum absolute atomic E-state index is 12.6. The van der Waals surface area contributed by atoms with E-state index >= 15 is 0 Å². The van der Waals surface area contributed by atoms with E-state index in [1.807, 2.05) is 37.4 Å². The molecule has 1 atom stereocenters. The van der Waals surface area contributed by atoms with E-state index in [2.05, 4.69) is 38.7 Å². The highest BCUT2D eigenvalue weighted by atomic mass is 32.1. The maximum atomic E-state index is 12.6. The molecule has 1 aromatic carbocycles. The van der Waals surface area contributed by atoms with Crippen LogP contribution in [-0.4, -0.2) is 25.7 Å². The Bertz CT molecular complexity index is 1230.